The Morgan fingerprint density at radius 1 is 0.976 bits per heavy atom. The summed E-state index contributed by atoms with van der Waals surface area (Å²) in [6.45, 7) is 10.7. The molecule has 2 amide bonds. The van der Waals surface area contributed by atoms with Crippen molar-refractivity contribution >= 4 is 22.0 Å². The zero-order valence-corrected chi connectivity index (χ0v) is 25.6. The van der Waals surface area contributed by atoms with Crippen LogP contribution in [0.1, 0.15) is 54.2 Å². The zero-order chi connectivity index (χ0) is 29.9. The maximum Gasteiger partial charge on any atom is 0.411 e. The normalized spacial score (nSPS) is 20.2. The number of sulfonamides is 1. The third kappa shape index (κ3) is 7.78. The molecule has 0 bridgehead atoms. The van der Waals surface area contributed by atoms with Crippen LogP contribution in [0, 0.1) is 13.8 Å². The third-order valence-electron chi connectivity index (χ3n) is 7.17. The van der Waals surface area contributed by atoms with Crippen LogP contribution < -0.4 is 4.74 Å². The largest absolute Gasteiger partial charge is 0.486 e. The lowest BCUT2D eigenvalue weighted by Crippen LogP contribution is -2.51. The van der Waals surface area contributed by atoms with E-state index in [1.165, 1.54) is 9.21 Å². The Morgan fingerprint density at radius 2 is 1.71 bits per heavy atom. The molecule has 11 heteroatoms. The highest BCUT2D eigenvalue weighted by molar-refractivity contribution is 7.88. The molecular formula is C30H41N3O7S. The van der Waals surface area contributed by atoms with Gasteiger partial charge in [0.15, 0.2) is 0 Å². The first kappa shape index (κ1) is 30.8. The van der Waals surface area contributed by atoms with Crippen LogP contribution in [0.15, 0.2) is 42.5 Å². The van der Waals surface area contributed by atoms with E-state index in [0.717, 1.165) is 11.1 Å². The van der Waals surface area contributed by atoms with Gasteiger partial charge in [0.1, 0.15) is 23.6 Å². The van der Waals surface area contributed by atoms with Gasteiger partial charge in [-0.05, 0) is 70.4 Å². The van der Waals surface area contributed by atoms with Crippen molar-refractivity contribution in [3.05, 3.63) is 64.7 Å². The Labute approximate surface area is 243 Å². The van der Waals surface area contributed by atoms with Crippen LogP contribution in [0.4, 0.5) is 4.79 Å². The number of benzene rings is 2. The number of carbonyl (C=O) groups is 2. The summed E-state index contributed by atoms with van der Waals surface area (Å²) in [5.74, 6) is 0.197. The molecule has 0 spiro atoms. The minimum atomic E-state index is -3.71. The molecule has 2 unspecified atom stereocenters. The van der Waals surface area contributed by atoms with Gasteiger partial charge in [-0.3, -0.25) is 9.69 Å². The molecule has 224 valence electrons. The van der Waals surface area contributed by atoms with Gasteiger partial charge in [0, 0.05) is 25.8 Å². The molecule has 0 aliphatic carbocycles. The number of methoxy groups -OCH3 is 1. The summed E-state index contributed by atoms with van der Waals surface area (Å²) < 4.78 is 45.3. The highest BCUT2D eigenvalue weighted by Crippen LogP contribution is 2.25. The molecule has 2 aromatic rings. The van der Waals surface area contributed by atoms with E-state index in [9.17, 15) is 18.0 Å². The Bertz CT molecular complexity index is 1370. The lowest BCUT2D eigenvalue weighted by molar-refractivity contribution is 0.0129. The van der Waals surface area contributed by atoms with Crippen LogP contribution in [0.3, 0.4) is 0 Å². The van der Waals surface area contributed by atoms with Gasteiger partial charge < -0.3 is 19.1 Å². The van der Waals surface area contributed by atoms with E-state index in [-0.39, 0.29) is 24.4 Å². The Balaban J connectivity index is 1.41. The topological polar surface area (TPSA) is 106 Å². The van der Waals surface area contributed by atoms with Crippen molar-refractivity contribution in [1.29, 1.82) is 0 Å². The van der Waals surface area contributed by atoms with Crippen LogP contribution in [0.2, 0.25) is 0 Å². The van der Waals surface area contributed by atoms with Crippen molar-refractivity contribution in [3.8, 4) is 5.75 Å². The van der Waals surface area contributed by atoms with Crippen molar-refractivity contribution in [2.24, 2.45) is 0 Å². The fourth-order valence-electron chi connectivity index (χ4n) is 5.04. The molecule has 2 aromatic carbocycles. The van der Waals surface area contributed by atoms with Gasteiger partial charge >= 0.3 is 6.09 Å². The van der Waals surface area contributed by atoms with Gasteiger partial charge in [-0.15, -0.1) is 0 Å². The lowest BCUT2D eigenvalue weighted by Gasteiger charge is -2.35. The number of likely N-dealkylation sites (tertiary alicyclic amines) is 1. The molecule has 0 saturated carbocycles. The number of hydrogen-bond donors (Lipinski definition) is 0. The number of nitrogens with zero attached hydrogens (tertiary/aromatic N) is 3. The monoisotopic (exact) mass is 587 g/mol. The Morgan fingerprint density at radius 3 is 2.41 bits per heavy atom. The fourth-order valence-corrected chi connectivity index (χ4v) is 6.55. The van der Waals surface area contributed by atoms with E-state index < -0.39 is 27.8 Å². The van der Waals surface area contributed by atoms with Gasteiger partial charge in [-0.1, -0.05) is 29.8 Å². The second-order valence-corrected chi connectivity index (χ2v) is 13.7. The molecule has 2 aliphatic heterocycles. The quantitative estimate of drug-likeness (QED) is 0.483. The highest BCUT2D eigenvalue weighted by Gasteiger charge is 2.38. The zero-order valence-electron chi connectivity index (χ0n) is 24.8. The minimum absolute atomic E-state index is 0.0463. The maximum absolute atomic E-state index is 13.3. The van der Waals surface area contributed by atoms with E-state index in [1.54, 1.807) is 57.0 Å². The number of ether oxygens (including phenoxy) is 3. The molecule has 10 nitrogen and oxygen atoms in total. The molecule has 2 aliphatic rings. The SMILES string of the molecule is COC1CN(C(=O)c2cc(C)ccc2C)CC1Oc1cccc(CS(=O)(=O)N2CCCN(C(=O)OC(C)(C)C)C2)c1. The van der Waals surface area contributed by atoms with Crippen LogP contribution in [0.25, 0.3) is 0 Å². The van der Waals surface area contributed by atoms with Gasteiger partial charge in [-0.2, -0.15) is 4.31 Å². The molecule has 2 saturated heterocycles. The summed E-state index contributed by atoms with van der Waals surface area (Å²) >= 11 is 0. The van der Waals surface area contributed by atoms with Crippen molar-refractivity contribution in [2.45, 2.75) is 64.6 Å². The molecule has 0 aromatic heterocycles. The van der Waals surface area contributed by atoms with Crippen molar-refractivity contribution in [2.75, 3.05) is 40.0 Å². The van der Waals surface area contributed by atoms with Gasteiger partial charge in [0.2, 0.25) is 10.0 Å². The predicted octanol–water partition coefficient (Wildman–Crippen LogP) is 3.95. The second kappa shape index (κ2) is 12.4. The van der Waals surface area contributed by atoms with Crippen LogP contribution >= 0.6 is 0 Å². The summed E-state index contributed by atoms with van der Waals surface area (Å²) in [7, 11) is -2.12. The predicted molar refractivity (Wildman–Crippen MR) is 155 cm³/mol. The molecule has 0 radical (unpaired) electrons. The standard InChI is InChI=1S/C30H41N3O7S/c1-21-11-12-22(2)25(15-21)28(34)32-17-26(38-6)27(18-32)39-24-10-7-9-23(16-24)19-41(36,37)33-14-8-13-31(20-33)29(35)40-30(3,4)5/h7,9-12,15-16,26-27H,8,13-14,17-20H2,1-6H3. The third-order valence-corrected chi connectivity index (χ3v) is 8.96. The number of amides is 2. The van der Waals surface area contributed by atoms with E-state index >= 15 is 0 Å². The summed E-state index contributed by atoms with van der Waals surface area (Å²) in [6, 6.07) is 12.8. The van der Waals surface area contributed by atoms with Crippen LogP contribution in [-0.4, -0.2) is 92.3 Å². The number of rotatable bonds is 7. The first-order valence-corrected chi connectivity index (χ1v) is 15.5. The smallest absolute Gasteiger partial charge is 0.411 e. The first-order chi connectivity index (χ1) is 19.3. The average molecular weight is 588 g/mol. The minimum Gasteiger partial charge on any atom is -0.486 e. The van der Waals surface area contributed by atoms with E-state index in [4.69, 9.17) is 14.2 Å². The van der Waals surface area contributed by atoms with Crippen molar-refractivity contribution < 1.29 is 32.2 Å². The van der Waals surface area contributed by atoms with Crippen molar-refractivity contribution in [1.82, 2.24) is 14.1 Å². The average Bonchev–Trinajstić information content (AvgIpc) is 3.31. The molecule has 2 heterocycles. The van der Waals surface area contributed by atoms with E-state index in [0.29, 0.717) is 49.5 Å². The van der Waals surface area contributed by atoms with Gasteiger partial charge in [0.05, 0.1) is 25.5 Å². The molecule has 2 atom stereocenters. The number of aryl methyl sites for hydroxylation is 2. The maximum atomic E-state index is 13.3. The molecule has 41 heavy (non-hydrogen) atoms. The lowest BCUT2D eigenvalue weighted by atomic mass is 10.0. The van der Waals surface area contributed by atoms with Crippen LogP contribution in [0.5, 0.6) is 5.75 Å². The van der Waals surface area contributed by atoms with Gasteiger partial charge in [0.25, 0.3) is 5.91 Å². The second-order valence-electron chi connectivity index (χ2n) is 11.8. The van der Waals surface area contributed by atoms with E-state index in [2.05, 4.69) is 0 Å². The highest BCUT2D eigenvalue weighted by atomic mass is 32.2. The molecule has 2 fully saturated rings. The fraction of sp³-hybridized carbons (Fsp3) is 0.533. The summed E-state index contributed by atoms with van der Waals surface area (Å²) in [4.78, 5) is 29.0. The van der Waals surface area contributed by atoms with Gasteiger partial charge in [-0.25, -0.2) is 13.2 Å². The summed E-state index contributed by atoms with van der Waals surface area (Å²) in [6.07, 6.45) is -0.741. The van der Waals surface area contributed by atoms with Crippen LogP contribution in [-0.2, 0) is 25.2 Å². The van der Waals surface area contributed by atoms with Crippen molar-refractivity contribution in [3.63, 3.8) is 0 Å². The summed E-state index contributed by atoms with van der Waals surface area (Å²) in [5, 5.41) is 0. The molecule has 0 N–H and O–H groups in total. The van der Waals surface area contributed by atoms with E-state index in [1.807, 2.05) is 32.0 Å². The number of carbonyl (C=O) groups excluding carboxylic acids is 2. The molecular weight excluding hydrogens is 546 g/mol. The molecule has 4 rings (SSSR count). The number of hydrogen-bond acceptors (Lipinski definition) is 7. The first-order valence-electron chi connectivity index (χ1n) is 13.9. The summed E-state index contributed by atoms with van der Waals surface area (Å²) in [5.41, 5.74) is 2.49. The Hall–Kier alpha value is -3.15. The Kier molecular flexibility index (Phi) is 9.30.